The van der Waals surface area contributed by atoms with Crippen molar-refractivity contribution in [3.8, 4) is 23.5 Å². The number of carbonyl (C=O) groups excluding carboxylic acids is 1. The van der Waals surface area contributed by atoms with Crippen molar-refractivity contribution in [1.82, 2.24) is 15.5 Å². The Bertz CT molecular complexity index is 1050. The van der Waals surface area contributed by atoms with E-state index in [9.17, 15) is 4.79 Å². The molecule has 2 atom stereocenters. The van der Waals surface area contributed by atoms with Gasteiger partial charge in [0.15, 0.2) is 0 Å². The van der Waals surface area contributed by atoms with Crippen LogP contribution in [0.2, 0.25) is 0 Å². The quantitative estimate of drug-likeness (QED) is 0.599. The summed E-state index contributed by atoms with van der Waals surface area (Å²) in [6, 6.07) is 11.7. The van der Waals surface area contributed by atoms with Crippen LogP contribution >= 0.6 is 11.3 Å². The summed E-state index contributed by atoms with van der Waals surface area (Å²) in [5.74, 6) is -0.299. The average Bonchev–Trinajstić information content (AvgIpc) is 3.38. The molecule has 0 saturated carbocycles. The van der Waals surface area contributed by atoms with Gasteiger partial charge in [-0.1, -0.05) is 0 Å². The minimum absolute atomic E-state index is 0.0297. The van der Waals surface area contributed by atoms with Gasteiger partial charge in [0.2, 0.25) is 0 Å². The summed E-state index contributed by atoms with van der Waals surface area (Å²) in [6.07, 6.45) is 1.61. The van der Waals surface area contributed by atoms with Gasteiger partial charge in [0, 0.05) is 0 Å². The van der Waals surface area contributed by atoms with Gasteiger partial charge in [-0.3, -0.25) is 0 Å². The molecule has 2 aliphatic rings. The van der Waals surface area contributed by atoms with E-state index in [1.807, 2.05) is 23.6 Å². The van der Waals surface area contributed by atoms with E-state index in [4.69, 9.17) is 15.2 Å². The molecule has 0 bridgehead atoms. The monoisotopic (exact) mass is 389 g/mol. The maximum absolute atomic E-state index is 13.0. The van der Waals surface area contributed by atoms with Crippen LogP contribution in [0.25, 0.3) is 11.1 Å². The summed E-state index contributed by atoms with van der Waals surface area (Å²) in [6.45, 7) is 1.15. The van der Waals surface area contributed by atoms with Crippen molar-refractivity contribution in [2.75, 3.05) is 20.1 Å². The van der Waals surface area contributed by atoms with Crippen molar-refractivity contribution >= 4 is 30.1 Å². The second-order valence-electron chi connectivity index (χ2n) is 6.78. The summed E-state index contributed by atoms with van der Waals surface area (Å²) >= 11 is 1.57. The second kappa shape index (κ2) is 7.12. The molecule has 0 radical (unpaired) electrons. The van der Waals surface area contributed by atoms with Crippen LogP contribution in [-0.4, -0.2) is 43.8 Å². The molecular formula is C19H16BN5O2S. The van der Waals surface area contributed by atoms with Crippen molar-refractivity contribution in [3.05, 3.63) is 46.2 Å². The number of hydrogen-bond donors (Lipinski definition) is 2. The molecule has 2 aromatic rings. The van der Waals surface area contributed by atoms with Gasteiger partial charge in [-0.15, -0.1) is 0 Å². The van der Waals surface area contributed by atoms with E-state index in [0.717, 1.165) is 16.0 Å². The van der Waals surface area contributed by atoms with Crippen LogP contribution in [-0.2, 0) is 15.0 Å². The van der Waals surface area contributed by atoms with Crippen LogP contribution < -0.4 is 10.6 Å². The Balaban J connectivity index is 1.74. The molecule has 0 spiro atoms. The van der Waals surface area contributed by atoms with Crippen LogP contribution in [0.15, 0.2) is 35.7 Å². The van der Waals surface area contributed by atoms with Gasteiger partial charge in [0.25, 0.3) is 0 Å². The molecule has 1 aromatic heterocycles. The van der Waals surface area contributed by atoms with Gasteiger partial charge in [0.05, 0.1) is 0 Å². The number of nitrogens with zero attached hydrogens (tertiary/aromatic N) is 3. The molecule has 2 N–H and O–H groups in total. The first kappa shape index (κ1) is 18.2. The zero-order chi connectivity index (χ0) is 19.7. The van der Waals surface area contributed by atoms with E-state index in [0.29, 0.717) is 24.4 Å². The molecule has 7 nitrogen and oxygen atoms in total. The predicted molar refractivity (Wildman–Crippen MR) is 106 cm³/mol. The third-order valence-electron chi connectivity index (χ3n) is 5.28. The van der Waals surface area contributed by atoms with E-state index in [1.165, 1.54) is 12.0 Å². The number of nitriles is 2. The van der Waals surface area contributed by atoms with Crippen molar-refractivity contribution < 1.29 is 9.45 Å². The first-order valence-corrected chi connectivity index (χ1v) is 9.58. The Morgan fingerprint density at radius 2 is 2.21 bits per heavy atom. The predicted octanol–water partition coefficient (Wildman–Crippen LogP) is 0.967. The molecule has 1 aromatic carbocycles. The number of carbonyl (C=O) groups is 1. The summed E-state index contributed by atoms with van der Waals surface area (Å²) in [5.41, 5.74) is 2.42. The van der Waals surface area contributed by atoms with E-state index in [2.05, 4.69) is 22.8 Å². The number of hydrogen-bond acceptors (Lipinski definition) is 7. The number of benzene rings is 1. The van der Waals surface area contributed by atoms with Crippen molar-refractivity contribution in [2.45, 2.75) is 5.54 Å². The standard InChI is InChI=1S/C19H16BN5O2S/c1-25-17(26)15-8-23-10-19(15,24-18(25)20-27-11-22)16-6-14(9-28-16)13-4-2-3-12(5-13)7-21/h2-6,9,15,23-24H,8,10H2,1H3. The van der Waals surface area contributed by atoms with E-state index < -0.39 is 5.54 Å². The Morgan fingerprint density at radius 1 is 1.36 bits per heavy atom. The van der Waals surface area contributed by atoms with Crippen molar-refractivity contribution in [2.24, 2.45) is 5.92 Å². The molecule has 1 amide bonds. The van der Waals surface area contributed by atoms with Gasteiger partial charge in [-0.05, 0) is 0 Å². The minimum atomic E-state index is -0.607. The Kier molecular flexibility index (Phi) is 4.64. The molecule has 138 valence electrons. The van der Waals surface area contributed by atoms with Crippen molar-refractivity contribution in [1.29, 1.82) is 10.5 Å². The number of thiophene rings is 1. The molecule has 0 aliphatic carbocycles. The fraction of sp³-hybridized carbons (Fsp3) is 0.263. The zero-order valence-electron chi connectivity index (χ0n) is 15.1. The van der Waals surface area contributed by atoms with E-state index in [1.54, 1.807) is 30.7 Å². The van der Waals surface area contributed by atoms with E-state index in [-0.39, 0.29) is 11.8 Å². The van der Waals surface area contributed by atoms with Gasteiger partial charge in [-0.25, -0.2) is 0 Å². The molecular weight excluding hydrogens is 373 g/mol. The van der Waals surface area contributed by atoms with Gasteiger partial charge in [0.1, 0.15) is 0 Å². The Hall–Kier alpha value is -3.14. The number of nitrogens with one attached hydrogen (secondary N) is 2. The molecule has 2 saturated heterocycles. The Morgan fingerprint density at radius 3 is 3.00 bits per heavy atom. The van der Waals surface area contributed by atoms with Crippen LogP contribution in [0, 0.1) is 28.8 Å². The topological polar surface area (TPSA) is 101 Å². The van der Waals surface area contributed by atoms with Gasteiger partial charge in [-0.2, -0.15) is 0 Å². The maximum atomic E-state index is 13.0. The van der Waals surface area contributed by atoms with Gasteiger partial charge >= 0.3 is 167 Å². The number of amides is 1. The van der Waals surface area contributed by atoms with Crippen LogP contribution in [0.1, 0.15) is 10.4 Å². The normalized spacial score (nSPS) is 24.7. The molecule has 9 heteroatoms. The third-order valence-corrected chi connectivity index (χ3v) is 6.38. The van der Waals surface area contributed by atoms with Gasteiger partial charge < -0.3 is 0 Å². The van der Waals surface area contributed by atoms with Crippen LogP contribution in [0.4, 0.5) is 0 Å². The van der Waals surface area contributed by atoms with E-state index >= 15 is 0 Å². The molecule has 3 heterocycles. The molecule has 2 unspecified atom stereocenters. The number of fused-ring (bicyclic) bond motifs is 1. The molecule has 28 heavy (non-hydrogen) atoms. The molecule has 4 rings (SSSR count). The first-order valence-electron chi connectivity index (χ1n) is 8.70. The van der Waals surface area contributed by atoms with Crippen LogP contribution in [0.5, 0.6) is 0 Å². The zero-order valence-corrected chi connectivity index (χ0v) is 15.9. The summed E-state index contributed by atoms with van der Waals surface area (Å²) in [4.78, 5) is 15.5. The Labute approximate surface area is 167 Å². The average molecular weight is 389 g/mol. The summed E-state index contributed by atoms with van der Waals surface area (Å²) in [7, 11) is 2.93. The molecule has 2 aliphatic heterocycles. The number of rotatable bonds is 3. The second-order valence-corrected chi connectivity index (χ2v) is 7.69. The first-order chi connectivity index (χ1) is 13.6. The summed E-state index contributed by atoms with van der Waals surface area (Å²) < 4.78 is 4.76. The SMILES string of the molecule is CN1C(=O)C2CNCC2(c2cc(-c3cccc(C#N)c3)cs2)NC1=BOC#N. The fourth-order valence-corrected chi connectivity index (χ4v) is 4.94. The van der Waals surface area contributed by atoms with Crippen molar-refractivity contribution in [3.63, 3.8) is 0 Å². The summed E-state index contributed by atoms with van der Waals surface area (Å²) in [5, 5.41) is 26.6. The third kappa shape index (κ3) is 2.86. The van der Waals surface area contributed by atoms with Crippen LogP contribution in [0.3, 0.4) is 0 Å². The molecule has 2 fully saturated rings. The fourth-order valence-electron chi connectivity index (χ4n) is 3.81.